The van der Waals surface area contributed by atoms with E-state index in [1.54, 1.807) is 36.7 Å². The molecule has 2 N–H and O–H groups in total. The number of benzene rings is 1. The first kappa shape index (κ1) is 28.6. The van der Waals surface area contributed by atoms with Crippen LogP contribution >= 0.6 is 11.3 Å². The van der Waals surface area contributed by atoms with E-state index in [9.17, 15) is 22.8 Å². The highest BCUT2D eigenvalue weighted by Crippen LogP contribution is 2.24. The Labute approximate surface area is 231 Å². The number of unbranched alkanes of at least 4 members (excludes halogenated alkanes) is 1. The third-order valence-electron chi connectivity index (χ3n) is 5.44. The van der Waals surface area contributed by atoms with Crippen LogP contribution in [0.25, 0.3) is 0 Å². The first-order valence-electron chi connectivity index (χ1n) is 12.3. The molecule has 0 aliphatic carbocycles. The molecule has 0 unspecified atom stereocenters. The molecule has 208 valence electrons. The number of aryl methyl sites for hydroxylation is 2. The Balaban J connectivity index is 1.15. The van der Waals surface area contributed by atoms with E-state index < -0.39 is 12.3 Å². The monoisotopic (exact) mass is 570 g/mol. The highest BCUT2D eigenvalue weighted by Gasteiger charge is 2.31. The Morgan fingerprint density at radius 3 is 2.42 bits per heavy atom. The van der Waals surface area contributed by atoms with Crippen molar-refractivity contribution >= 4 is 34.0 Å². The summed E-state index contributed by atoms with van der Waals surface area (Å²) in [5.74, 6) is -0.726. The Hall–Kier alpha value is -4.39. The molecule has 0 spiro atoms. The number of nitrogens with one attached hydrogen (secondary N) is 2. The largest absolute Gasteiger partial charge is 0.573 e. The number of amides is 2. The van der Waals surface area contributed by atoms with E-state index in [1.165, 1.54) is 29.5 Å². The van der Waals surface area contributed by atoms with E-state index in [2.05, 4.69) is 35.5 Å². The molecule has 0 saturated carbocycles. The molecule has 2 amide bonds. The average molecular weight is 571 g/mol. The summed E-state index contributed by atoms with van der Waals surface area (Å²) in [6.45, 7) is 0. The number of anilines is 2. The molecule has 1 aromatic carbocycles. The summed E-state index contributed by atoms with van der Waals surface area (Å²) in [7, 11) is 0. The van der Waals surface area contributed by atoms with Gasteiger partial charge >= 0.3 is 6.36 Å². The Morgan fingerprint density at radius 2 is 1.68 bits per heavy atom. The number of hydrogen-bond donors (Lipinski definition) is 2. The van der Waals surface area contributed by atoms with Gasteiger partial charge in [0.1, 0.15) is 10.8 Å². The number of carbonyl (C=O) groups is 2. The molecule has 0 atom stereocenters. The van der Waals surface area contributed by atoms with Crippen molar-refractivity contribution in [3.8, 4) is 5.75 Å². The van der Waals surface area contributed by atoms with Gasteiger partial charge in [0.2, 0.25) is 11.8 Å². The van der Waals surface area contributed by atoms with Gasteiger partial charge in [-0.25, -0.2) is 4.98 Å². The van der Waals surface area contributed by atoms with Crippen molar-refractivity contribution in [3.05, 3.63) is 88.9 Å². The van der Waals surface area contributed by atoms with Gasteiger partial charge in [0.05, 0.1) is 29.7 Å². The molecular weight excluding hydrogens is 545 g/mol. The Morgan fingerprint density at radius 1 is 0.850 bits per heavy atom. The predicted molar refractivity (Wildman–Crippen MR) is 143 cm³/mol. The third kappa shape index (κ3) is 9.73. The van der Waals surface area contributed by atoms with Crippen LogP contribution in [-0.4, -0.2) is 38.3 Å². The standard InChI is InChI=1S/C27H25F3N6O3S/c28-27(29,30)39-21-9-5-6-18(14-21)15-23(37)33-22-12-11-19(35-36-22)7-1-2-10-25-32-17-26(40-25)34-24(38)16-20-8-3-4-13-31-20/h3-6,8-9,11-14,17H,1-2,7,10,15-16H2,(H,34,38)(H,33,36,37). The van der Waals surface area contributed by atoms with Gasteiger partial charge in [-0.3, -0.25) is 14.6 Å². The van der Waals surface area contributed by atoms with Crippen molar-refractivity contribution in [3.63, 3.8) is 0 Å². The number of rotatable bonds is 12. The number of alkyl halides is 3. The molecule has 0 aliphatic rings. The minimum Gasteiger partial charge on any atom is -0.406 e. The number of hydrogen-bond acceptors (Lipinski definition) is 8. The van der Waals surface area contributed by atoms with Gasteiger partial charge in [-0.2, -0.15) is 5.10 Å². The van der Waals surface area contributed by atoms with Crippen LogP contribution in [0.3, 0.4) is 0 Å². The van der Waals surface area contributed by atoms with E-state index in [4.69, 9.17) is 0 Å². The van der Waals surface area contributed by atoms with Crippen molar-refractivity contribution in [2.45, 2.75) is 44.9 Å². The highest BCUT2D eigenvalue weighted by molar-refractivity contribution is 7.15. The van der Waals surface area contributed by atoms with Crippen LogP contribution in [0.2, 0.25) is 0 Å². The van der Waals surface area contributed by atoms with E-state index in [-0.39, 0.29) is 30.3 Å². The second-order valence-electron chi connectivity index (χ2n) is 8.70. The summed E-state index contributed by atoms with van der Waals surface area (Å²) in [5, 5.41) is 15.2. The molecule has 0 saturated heterocycles. The zero-order chi connectivity index (χ0) is 28.4. The maximum absolute atomic E-state index is 12.4. The Bertz CT molecular complexity index is 1420. The molecule has 0 radical (unpaired) electrons. The lowest BCUT2D eigenvalue weighted by Crippen LogP contribution is -2.18. The Kier molecular flexibility index (Phi) is 9.73. The smallest absolute Gasteiger partial charge is 0.406 e. The zero-order valence-electron chi connectivity index (χ0n) is 21.1. The lowest BCUT2D eigenvalue weighted by Gasteiger charge is -2.10. The first-order valence-corrected chi connectivity index (χ1v) is 13.1. The van der Waals surface area contributed by atoms with Gasteiger partial charge in [-0.15, -0.1) is 29.6 Å². The fourth-order valence-corrected chi connectivity index (χ4v) is 4.58. The minimum atomic E-state index is -4.80. The van der Waals surface area contributed by atoms with Gasteiger partial charge < -0.3 is 15.4 Å². The molecule has 40 heavy (non-hydrogen) atoms. The van der Waals surface area contributed by atoms with Gasteiger partial charge in [0, 0.05) is 11.9 Å². The topological polar surface area (TPSA) is 119 Å². The molecule has 0 bridgehead atoms. The van der Waals surface area contributed by atoms with Crippen LogP contribution in [0, 0.1) is 0 Å². The molecule has 4 rings (SSSR count). The van der Waals surface area contributed by atoms with Crippen molar-refractivity contribution in [1.82, 2.24) is 20.2 Å². The average Bonchev–Trinajstić information content (AvgIpc) is 3.34. The lowest BCUT2D eigenvalue weighted by molar-refractivity contribution is -0.274. The minimum absolute atomic E-state index is 0.142. The van der Waals surface area contributed by atoms with Crippen molar-refractivity contribution in [1.29, 1.82) is 0 Å². The number of nitrogens with zero attached hydrogens (tertiary/aromatic N) is 4. The number of ether oxygens (including phenoxy) is 1. The lowest BCUT2D eigenvalue weighted by atomic mass is 10.1. The predicted octanol–water partition coefficient (Wildman–Crippen LogP) is 5.15. The second-order valence-corrected chi connectivity index (χ2v) is 9.82. The van der Waals surface area contributed by atoms with Crippen molar-refractivity contribution in [2.24, 2.45) is 0 Å². The zero-order valence-corrected chi connectivity index (χ0v) is 22.0. The summed E-state index contributed by atoms with van der Waals surface area (Å²) >= 11 is 1.44. The van der Waals surface area contributed by atoms with Crippen molar-refractivity contribution < 1.29 is 27.5 Å². The molecular formula is C27H25F3N6O3S. The molecule has 9 nitrogen and oxygen atoms in total. The SMILES string of the molecule is O=C(Cc1cccc(OC(F)(F)F)c1)Nc1ccc(CCCCc2ncc(NC(=O)Cc3ccccn3)s2)nn1. The summed E-state index contributed by atoms with van der Waals surface area (Å²) < 4.78 is 41.1. The summed E-state index contributed by atoms with van der Waals surface area (Å²) in [4.78, 5) is 33.0. The summed E-state index contributed by atoms with van der Waals surface area (Å²) in [6, 6.07) is 14.1. The molecule has 3 aromatic heterocycles. The second kappa shape index (κ2) is 13.6. The van der Waals surface area contributed by atoms with Crippen LogP contribution in [-0.2, 0) is 35.3 Å². The molecule has 3 heterocycles. The quantitative estimate of drug-likeness (QED) is 0.226. The van der Waals surface area contributed by atoms with Crippen LogP contribution in [0.4, 0.5) is 24.0 Å². The normalized spacial score (nSPS) is 11.2. The molecule has 4 aromatic rings. The van der Waals surface area contributed by atoms with Crippen LogP contribution in [0.5, 0.6) is 5.75 Å². The third-order valence-corrected chi connectivity index (χ3v) is 6.41. The van der Waals surface area contributed by atoms with Gasteiger partial charge in [0.25, 0.3) is 0 Å². The van der Waals surface area contributed by atoms with Crippen LogP contribution in [0.1, 0.15) is 34.8 Å². The van der Waals surface area contributed by atoms with E-state index in [0.717, 1.165) is 36.0 Å². The number of halogens is 3. The van der Waals surface area contributed by atoms with E-state index in [0.29, 0.717) is 22.7 Å². The fraction of sp³-hybridized carbons (Fsp3) is 0.259. The van der Waals surface area contributed by atoms with Gasteiger partial charge in [-0.05, 0) is 67.6 Å². The van der Waals surface area contributed by atoms with Gasteiger partial charge in [0.15, 0.2) is 5.82 Å². The van der Waals surface area contributed by atoms with Crippen molar-refractivity contribution in [2.75, 3.05) is 10.6 Å². The molecule has 13 heteroatoms. The maximum Gasteiger partial charge on any atom is 0.573 e. The van der Waals surface area contributed by atoms with E-state index in [1.807, 2.05) is 6.07 Å². The number of pyridine rings is 1. The summed E-state index contributed by atoms with van der Waals surface area (Å²) in [6.07, 6.45) is 1.72. The summed E-state index contributed by atoms with van der Waals surface area (Å²) in [5.41, 5.74) is 1.83. The van der Waals surface area contributed by atoms with Gasteiger partial charge in [-0.1, -0.05) is 18.2 Å². The van der Waals surface area contributed by atoms with Crippen LogP contribution < -0.4 is 15.4 Å². The van der Waals surface area contributed by atoms with E-state index >= 15 is 0 Å². The fourth-order valence-electron chi connectivity index (χ4n) is 3.70. The maximum atomic E-state index is 12.4. The number of aromatic nitrogens is 4. The number of carbonyl (C=O) groups excluding carboxylic acids is 2. The highest BCUT2D eigenvalue weighted by atomic mass is 32.1. The molecule has 0 aliphatic heterocycles. The molecule has 0 fully saturated rings. The van der Waals surface area contributed by atoms with Crippen LogP contribution in [0.15, 0.2) is 67.0 Å². The number of thiazole rings is 1. The first-order chi connectivity index (χ1) is 19.2.